The summed E-state index contributed by atoms with van der Waals surface area (Å²) < 4.78 is 5.12. The lowest BCUT2D eigenvalue weighted by Crippen LogP contribution is -2.43. The maximum Gasteiger partial charge on any atom is 0.238 e. The van der Waals surface area contributed by atoms with Gasteiger partial charge in [-0.3, -0.25) is 9.69 Å². The molecule has 1 aromatic rings. The van der Waals surface area contributed by atoms with Gasteiger partial charge in [-0.2, -0.15) is 0 Å². The summed E-state index contributed by atoms with van der Waals surface area (Å²) in [5.74, 6) is 1.65. The van der Waals surface area contributed by atoms with Crippen molar-refractivity contribution in [2.45, 2.75) is 31.7 Å². The molecule has 3 rings (SSSR count). The Kier molecular flexibility index (Phi) is 5.51. The highest BCUT2D eigenvalue weighted by molar-refractivity contribution is 5.92. The Labute approximate surface area is 138 Å². The van der Waals surface area contributed by atoms with Gasteiger partial charge in [0, 0.05) is 11.7 Å². The molecule has 1 unspecified atom stereocenters. The molecule has 126 valence electrons. The molecule has 1 aromatic carbocycles. The minimum atomic E-state index is 0.0626. The number of likely N-dealkylation sites (tertiary alicyclic amines) is 1. The summed E-state index contributed by atoms with van der Waals surface area (Å²) in [6, 6.07) is 8.17. The molecule has 0 bridgehead atoms. The second kappa shape index (κ2) is 7.79. The van der Waals surface area contributed by atoms with E-state index in [1.807, 2.05) is 24.3 Å². The number of carbonyl (C=O) groups excluding carboxylic acids is 1. The summed E-state index contributed by atoms with van der Waals surface area (Å²) in [5, 5.41) is 6.57. The van der Waals surface area contributed by atoms with Gasteiger partial charge in [-0.05, 0) is 75.5 Å². The number of amides is 1. The first-order valence-corrected chi connectivity index (χ1v) is 8.64. The predicted octanol–water partition coefficient (Wildman–Crippen LogP) is 2.10. The molecule has 0 aliphatic carbocycles. The van der Waals surface area contributed by atoms with E-state index in [2.05, 4.69) is 15.5 Å². The first-order chi connectivity index (χ1) is 11.2. The lowest BCUT2D eigenvalue weighted by atomic mass is 9.88. The standard InChI is InChI=1S/C18H27N3O2/c1-23-16-6-4-15(5-7-16)20-18(22)13-21-11-8-14(9-12-21)17-3-2-10-19-17/h4-7,14,17,19H,2-3,8-13H2,1H3,(H,20,22). The third-order valence-corrected chi connectivity index (χ3v) is 5.04. The fourth-order valence-corrected chi connectivity index (χ4v) is 3.71. The minimum Gasteiger partial charge on any atom is -0.497 e. The van der Waals surface area contributed by atoms with Gasteiger partial charge >= 0.3 is 0 Å². The van der Waals surface area contributed by atoms with E-state index in [0.29, 0.717) is 12.6 Å². The third kappa shape index (κ3) is 4.45. The van der Waals surface area contributed by atoms with E-state index in [-0.39, 0.29) is 5.91 Å². The maximum absolute atomic E-state index is 12.2. The van der Waals surface area contributed by atoms with Crippen molar-refractivity contribution < 1.29 is 9.53 Å². The van der Waals surface area contributed by atoms with Gasteiger partial charge in [0.05, 0.1) is 13.7 Å². The van der Waals surface area contributed by atoms with Crippen LogP contribution < -0.4 is 15.4 Å². The second-order valence-electron chi connectivity index (χ2n) is 6.59. The monoisotopic (exact) mass is 317 g/mol. The number of nitrogens with zero attached hydrogens (tertiary/aromatic N) is 1. The quantitative estimate of drug-likeness (QED) is 0.873. The van der Waals surface area contributed by atoms with E-state index < -0.39 is 0 Å². The van der Waals surface area contributed by atoms with Crippen molar-refractivity contribution in [3.05, 3.63) is 24.3 Å². The number of anilines is 1. The van der Waals surface area contributed by atoms with E-state index in [1.54, 1.807) is 7.11 Å². The molecule has 0 saturated carbocycles. The summed E-state index contributed by atoms with van der Waals surface area (Å²) in [5.41, 5.74) is 0.820. The van der Waals surface area contributed by atoms with Crippen LogP contribution in [0.5, 0.6) is 5.75 Å². The molecule has 2 saturated heterocycles. The zero-order valence-electron chi connectivity index (χ0n) is 13.9. The average Bonchev–Trinajstić information content (AvgIpc) is 3.11. The van der Waals surface area contributed by atoms with E-state index in [9.17, 15) is 4.79 Å². The average molecular weight is 317 g/mol. The van der Waals surface area contributed by atoms with Crippen LogP contribution in [0.1, 0.15) is 25.7 Å². The van der Waals surface area contributed by atoms with Crippen LogP contribution in [0.15, 0.2) is 24.3 Å². The van der Waals surface area contributed by atoms with Crippen LogP contribution in [0, 0.1) is 5.92 Å². The zero-order chi connectivity index (χ0) is 16.1. The summed E-state index contributed by atoms with van der Waals surface area (Å²) in [7, 11) is 1.64. The molecule has 0 aromatic heterocycles. The van der Waals surface area contributed by atoms with Crippen LogP contribution in [0.2, 0.25) is 0 Å². The molecule has 1 atom stereocenters. The van der Waals surface area contributed by atoms with Crippen molar-refractivity contribution in [3.63, 3.8) is 0 Å². The van der Waals surface area contributed by atoms with Crippen LogP contribution in [-0.4, -0.2) is 50.1 Å². The van der Waals surface area contributed by atoms with E-state index in [0.717, 1.165) is 30.4 Å². The van der Waals surface area contributed by atoms with Gasteiger partial charge in [0.25, 0.3) is 0 Å². The second-order valence-corrected chi connectivity index (χ2v) is 6.59. The van der Waals surface area contributed by atoms with Crippen molar-refractivity contribution in [2.75, 3.05) is 38.6 Å². The summed E-state index contributed by atoms with van der Waals surface area (Å²) in [4.78, 5) is 14.4. The number of benzene rings is 1. The Morgan fingerprint density at radius 2 is 2.00 bits per heavy atom. The fourth-order valence-electron chi connectivity index (χ4n) is 3.71. The van der Waals surface area contributed by atoms with E-state index in [4.69, 9.17) is 4.74 Å². The highest BCUT2D eigenvalue weighted by Gasteiger charge is 2.28. The Bertz CT molecular complexity index is 504. The molecule has 2 fully saturated rings. The van der Waals surface area contributed by atoms with Crippen LogP contribution in [0.4, 0.5) is 5.69 Å². The van der Waals surface area contributed by atoms with Gasteiger partial charge in [-0.1, -0.05) is 0 Å². The van der Waals surface area contributed by atoms with Crippen LogP contribution in [0.25, 0.3) is 0 Å². The van der Waals surface area contributed by atoms with Crippen molar-refractivity contribution >= 4 is 11.6 Å². The third-order valence-electron chi connectivity index (χ3n) is 5.04. The maximum atomic E-state index is 12.2. The Balaban J connectivity index is 1.41. The van der Waals surface area contributed by atoms with Gasteiger partial charge in [-0.25, -0.2) is 0 Å². The molecular formula is C18H27N3O2. The Hall–Kier alpha value is -1.59. The van der Waals surface area contributed by atoms with Gasteiger partial charge in [0.1, 0.15) is 5.75 Å². The van der Waals surface area contributed by atoms with Crippen LogP contribution in [0.3, 0.4) is 0 Å². The normalized spacial score (nSPS) is 22.9. The minimum absolute atomic E-state index is 0.0626. The van der Waals surface area contributed by atoms with Crippen molar-refractivity contribution in [2.24, 2.45) is 5.92 Å². The number of ether oxygens (including phenoxy) is 1. The summed E-state index contributed by atoms with van der Waals surface area (Å²) in [6.07, 6.45) is 5.04. The number of nitrogens with one attached hydrogen (secondary N) is 2. The first kappa shape index (κ1) is 16.3. The van der Waals surface area contributed by atoms with E-state index in [1.165, 1.54) is 32.2 Å². The number of hydrogen-bond donors (Lipinski definition) is 2. The molecule has 2 aliphatic heterocycles. The van der Waals surface area contributed by atoms with Gasteiger partial charge < -0.3 is 15.4 Å². The largest absolute Gasteiger partial charge is 0.497 e. The predicted molar refractivity (Wildman–Crippen MR) is 91.8 cm³/mol. The fraction of sp³-hybridized carbons (Fsp3) is 0.611. The number of hydrogen-bond acceptors (Lipinski definition) is 4. The highest BCUT2D eigenvalue weighted by atomic mass is 16.5. The van der Waals surface area contributed by atoms with Crippen LogP contribution >= 0.6 is 0 Å². The number of methoxy groups -OCH3 is 1. The lowest BCUT2D eigenvalue weighted by molar-refractivity contribution is -0.117. The topological polar surface area (TPSA) is 53.6 Å². The summed E-state index contributed by atoms with van der Waals surface area (Å²) in [6.45, 7) is 3.71. The Morgan fingerprint density at radius 1 is 1.26 bits per heavy atom. The lowest BCUT2D eigenvalue weighted by Gasteiger charge is -2.34. The first-order valence-electron chi connectivity index (χ1n) is 8.64. The zero-order valence-corrected chi connectivity index (χ0v) is 13.9. The SMILES string of the molecule is COc1ccc(NC(=O)CN2CCC(C3CCCN3)CC2)cc1. The highest BCUT2D eigenvalue weighted by Crippen LogP contribution is 2.25. The number of carbonyl (C=O) groups is 1. The van der Waals surface area contributed by atoms with Crippen molar-refractivity contribution in [3.8, 4) is 5.75 Å². The smallest absolute Gasteiger partial charge is 0.238 e. The van der Waals surface area contributed by atoms with E-state index >= 15 is 0 Å². The molecule has 23 heavy (non-hydrogen) atoms. The van der Waals surface area contributed by atoms with Crippen molar-refractivity contribution in [1.82, 2.24) is 10.2 Å². The Morgan fingerprint density at radius 3 is 2.61 bits per heavy atom. The molecule has 2 heterocycles. The van der Waals surface area contributed by atoms with Gasteiger partial charge in [-0.15, -0.1) is 0 Å². The molecule has 2 aliphatic rings. The molecule has 5 heteroatoms. The van der Waals surface area contributed by atoms with Gasteiger partial charge in [0.15, 0.2) is 0 Å². The van der Waals surface area contributed by atoms with Gasteiger partial charge in [0.2, 0.25) is 5.91 Å². The summed E-state index contributed by atoms with van der Waals surface area (Å²) >= 11 is 0. The molecule has 0 radical (unpaired) electrons. The number of piperidine rings is 1. The number of rotatable bonds is 5. The molecule has 1 amide bonds. The molecule has 0 spiro atoms. The molecule has 5 nitrogen and oxygen atoms in total. The van der Waals surface area contributed by atoms with Crippen LogP contribution in [-0.2, 0) is 4.79 Å². The molecular weight excluding hydrogens is 290 g/mol. The molecule has 2 N–H and O–H groups in total. The van der Waals surface area contributed by atoms with Crippen molar-refractivity contribution in [1.29, 1.82) is 0 Å².